The second-order valence-electron chi connectivity index (χ2n) is 7.50. The molecule has 2 aromatic rings. The minimum Gasteiger partial charge on any atom is -0.478 e. The molecule has 0 spiro atoms. The van der Waals surface area contributed by atoms with Crippen LogP contribution in [0.3, 0.4) is 0 Å². The average Bonchev–Trinajstić information content (AvgIpc) is 3.19. The Bertz CT molecular complexity index is 949. The number of ether oxygens (including phenoxy) is 1. The predicted molar refractivity (Wildman–Crippen MR) is 111 cm³/mol. The summed E-state index contributed by atoms with van der Waals surface area (Å²) in [6, 6.07) is 13.2. The van der Waals surface area contributed by atoms with Crippen LogP contribution in [0.5, 0.6) is 5.75 Å². The highest BCUT2D eigenvalue weighted by Crippen LogP contribution is 2.31. The first kappa shape index (κ1) is 20.7. The van der Waals surface area contributed by atoms with Gasteiger partial charge in [0.05, 0.1) is 10.1 Å². The number of hydrogen-bond donors (Lipinski definition) is 1. The summed E-state index contributed by atoms with van der Waals surface area (Å²) in [5.74, 6) is 0.139. The van der Waals surface area contributed by atoms with Crippen molar-refractivity contribution in [2.45, 2.75) is 55.3 Å². The van der Waals surface area contributed by atoms with Gasteiger partial charge < -0.3 is 10.1 Å². The number of carbonyl (C=O) groups excluding carboxylic acids is 1. The molecule has 3 rings (SSSR count). The SMILES string of the molecule is CC(C)(Oc1ccc(Cl)cc1)C(=O)Nc1cccc(S(=O)(=O)C2CCCC2)c1. The average molecular weight is 422 g/mol. The Labute approximate surface area is 171 Å². The molecule has 1 N–H and O–H groups in total. The van der Waals surface area contributed by atoms with E-state index in [1.54, 1.807) is 56.3 Å². The molecule has 1 fully saturated rings. The standard InChI is InChI=1S/C21H24ClNO4S/c1-21(2,27-17-12-10-15(22)11-13-17)20(24)23-16-6-5-9-19(14-16)28(25,26)18-7-3-4-8-18/h5-6,9-14,18H,3-4,7-8H2,1-2H3,(H,23,24). The van der Waals surface area contributed by atoms with Gasteiger partial charge in [0.2, 0.25) is 0 Å². The molecule has 0 atom stereocenters. The largest absolute Gasteiger partial charge is 0.478 e. The molecule has 150 valence electrons. The lowest BCUT2D eigenvalue weighted by Gasteiger charge is -2.25. The van der Waals surface area contributed by atoms with Gasteiger partial charge in [0.15, 0.2) is 15.4 Å². The Morgan fingerprint density at radius 1 is 1.11 bits per heavy atom. The first-order valence-electron chi connectivity index (χ1n) is 9.28. The van der Waals surface area contributed by atoms with Gasteiger partial charge in [-0.05, 0) is 69.2 Å². The van der Waals surface area contributed by atoms with Crippen LogP contribution in [0.4, 0.5) is 5.69 Å². The van der Waals surface area contributed by atoms with Crippen molar-refractivity contribution in [3.05, 3.63) is 53.6 Å². The van der Waals surface area contributed by atoms with E-state index in [0.717, 1.165) is 12.8 Å². The highest BCUT2D eigenvalue weighted by Gasteiger charge is 2.32. The van der Waals surface area contributed by atoms with Gasteiger partial charge >= 0.3 is 0 Å². The van der Waals surface area contributed by atoms with Crippen LogP contribution in [0.2, 0.25) is 5.02 Å². The van der Waals surface area contributed by atoms with Gasteiger partial charge in [-0.25, -0.2) is 8.42 Å². The molecule has 0 unspecified atom stereocenters. The van der Waals surface area contributed by atoms with Crippen molar-refractivity contribution in [3.63, 3.8) is 0 Å². The fourth-order valence-corrected chi connectivity index (χ4v) is 5.29. The number of amides is 1. The molecular weight excluding hydrogens is 398 g/mol. The second-order valence-corrected chi connectivity index (χ2v) is 10.2. The molecule has 0 heterocycles. The molecule has 5 nitrogen and oxygen atoms in total. The zero-order valence-corrected chi connectivity index (χ0v) is 17.5. The summed E-state index contributed by atoms with van der Waals surface area (Å²) in [4.78, 5) is 13.0. The summed E-state index contributed by atoms with van der Waals surface area (Å²) < 4.78 is 31.4. The summed E-state index contributed by atoms with van der Waals surface area (Å²) in [5, 5.41) is 3.01. The summed E-state index contributed by atoms with van der Waals surface area (Å²) in [7, 11) is -3.38. The van der Waals surface area contributed by atoms with Crippen molar-refractivity contribution in [1.82, 2.24) is 0 Å². The van der Waals surface area contributed by atoms with Crippen LogP contribution in [0, 0.1) is 0 Å². The number of hydrogen-bond acceptors (Lipinski definition) is 4. The van der Waals surface area contributed by atoms with Gasteiger partial charge in [0.1, 0.15) is 5.75 Å². The summed E-state index contributed by atoms with van der Waals surface area (Å²) in [6.45, 7) is 3.30. The van der Waals surface area contributed by atoms with Crippen molar-refractivity contribution in [2.24, 2.45) is 0 Å². The van der Waals surface area contributed by atoms with E-state index in [4.69, 9.17) is 16.3 Å². The van der Waals surface area contributed by atoms with Crippen LogP contribution in [-0.2, 0) is 14.6 Å². The first-order valence-corrected chi connectivity index (χ1v) is 11.2. The van der Waals surface area contributed by atoms with Crippen molar-refractivity contribution in [2.75, 3.05) is 5.32 Å². The third-order valence-corrected chi connectivity index (χ3v) is 7.41. The minimum atomic E-state index is -3.38. The van der Waals surface area contributed by atoms with Gasteiger partial charge in [-0.2, -0.15) is 0 Å². The molecular formula is C21H24ClNO4S. The third kappa shape index (κ3) is 4.67. The molecule has 1 saturated carbocycles. The molecule has 0 aliphatic heterocycles. The lowest BCUT2D eigenvalue weighted by Crippen LogP contribution is -2.42. The normalized spacial score (nSPS) is 15.4. The maximum absolute atomic E-state index is 12.8. The van der Waals surface area contributed by atoms with Gasteiger partial charge in [-0.3, -0.25) is 4.79 Å². The van der Waals surface area contributed by atoms with Crippen LogP contribution in [0.1, 0.15) is 39.5 Å². The molecule has 0 bridgehead atoms. The van der Waals surface area contributed by atoms with Gasteiger partial charge in [-0.15, -0.1) is 0 Å². The summed E-state index contributed by atoms with van der Waals surface area (Å²) in [6.07, 6.45) is 3.27. The van der Waals surface area contributed by atoms with E-state index in [2.05, 4.69) is 5.32 Å². The van der Waals surface area contributed by atoms with E-state index >= 15 is 0 Å². The molecule has 1 aliphatic rings. The van der Waals surface area contributed by atoms with E-state index < -0.39 is 15.4 Å². The molecule has 1 amide bonds. The third-order valence-electron chi connectivity index (χ3n) is 4.89. The second kappa shape index (κ2) is 8.13. The van der Waals surface area contributed by atoms with E-state index in [-0.39, 0.29) is 16.1 Å². The van der Waals surface area contributed by atoms with Crippen molar-refractivity contribution in [3.8, 4) is 5.75 Å². The lowest BCUT2D eigenvalue weighted by molar-refractivity contribution is -0.128. The molecule has 0 saturated heterocycles. The van der Waals surface area contributed by atoms with Crippen LogP contribution >= 0.6 is 11.6 Å². The maximum Gasteiger partial charge on any atom is 0.267 e. The minimum absolute atomic E-state index is 0.244. The summed E-state index contributed by atoms with van der Waals surface area (Å²) in [5.41, 5.74) is -0.731. The molecule has 1 aliphatic carbocycles. The van der Waals surface area contributed by atoms with Crippen molar-refractivity contribution >= 4 is 33.0 Å². The van der Waals surface area contributed by atoms with E-state index in [0.29, 0.717) is 29.3 Å². The number of benzene rings is 2. The number of anilines is 1. The topological polar surface area (TPSA) is 72.5 Å². The van der Waals surface area contributed by atoms with Gasteiger partial charge in [-0.1, -0.05) is 30.5 Å². The molecule has 0 radical (unpaired) electrons. The fraction of sp³-hybridized carbons (Fsp3) is 0.381. The highest BCUT2D eigenvalue weighted by atomic mass is 35.5. The number of sulfone groups is 1. The lowest BCUT2D eigenvalue weighted by atomic mass is 10.1. The van der Waals surface area contributed by atoms with Crippen LogP contribution in [0.15, 0.2) is 53.4 Å². The van der Waals surface area contributed by atoms with Gasteiger partial charge in [0.25, 0.3) is 5.91 Å². The zero-order valence-electron chi connectivity index (χ0n) is 15.9. The Balaban J connectivity index is 1.73. The van der Waals surface area contributed by atoms with E-state index in [1.807, 2.05) is 0 Å². The van der Waals surface area contributed by atoms with Crippen molar-refractivity contribution in [1.29, 1.82) is 0 Å². The van der Waals surface area contributed by atoms with Crippen LogP contribution in [-0.4, -0.2) is 25.2 Å². The quantitative estimate of drug-likeness (QED) is 0.723. The zero-order chi connectivity index (χ0) is 20.4. The Morgan fingerprint density at radius 3 is 2.39 bits per heavy atom. The highest BCUT2D eigenvalue weighted by molar-refractivity contribution is 7.92. The smallest absolute Gasteiger partial charge is 0.267 e. The monoisotopic (exact) mass is 421 g/mol. The molecule has 7 heteroatoms. The van der Waals surface area contributed by atoms with Crippen LogP contribution in [0.25, 0.3) is 0 Å². The number of rotatable bonds is 6. The number of nitrogens with one attached hydrogen (secondary N) is 1. The maximum atomic E-state index is 12.8. The van der Waals surface area contributed by atoms with E-state index in [9.17, 15) is 13.2 Å². The molecule has 2 aromatic carbocycles. The van der Waals surface area contributed by atoms with Crippen LogP contribution < -0.4 is 10.1 Å². The van der Waals surface area contributed by atoms with E-state index in [1.165, 1.54) is 6.07 Å². The first-order chi connectivity index (χ1) is 13.2. The molecule has 28 heavy (non-hydrogen) atoms. The van der Waals surface area contributed by atoms with Crippen molar-refractivity contribution < 1.29 is 17.9 Å². The predicted octanol–water partition coefficient (Wildman–Crippen LogP) is 4.85. The Hall–Kier alpha value is -2.05. The Kier molecular flexibility index (Phi) is 6.01. The summed E-state index contributed by atoms with van der Waals surface area (Å²) >= 11 is 5.87. The Morgan fingerprint density at radius 2 is 1.75 bits per heavy atom. The molecule has 0 aromatic heterocycles. The van der Waals surface area contributed by atoms with Gasteiger partial charge in [0, 0.05) is 10.7 Å². The number of carbonyl (C=O) groups is 1. The number of halogens is 1. The fourth-order valence-electron chi connectivity index (χ4n) is 3.27.